The van der Waals surface area contributed by atoms with Crippen LogP contribution in [0.15, 0.2) is 42.5 Å². The smallest absolute Gasteiger partial charge is 0.269 e. The largest absolute Gasteiger partial charge is 0.395 e. The van der Waals surface area contributed by atoms with E-state index in [1.165, 1.54) is 23.2 Å². The molecular formula is C24H29ClFN5O4. The van der Waals surface area contributed by atoms with Gasteiger partial charge in [-0.1, -0.05) is 62.2 Å². The molecule has 0 fully saturated rings. The van der Waals surface area contributed by atoms with E-state index in [0.717, 1.165) is 4.90 Å². The van der Waals surface area contributed by atoms with Crippen molar-refractivity contribution < 1.29 is 23.9 Å². The van der Waals surface area contributed by atoms with Crippen LogP contribution in [0.4, 0.5) is 4.39 Å². The van der Waals surface area contributed by atoms with E-state index in [2.05, 4.69) is 24.3 Å². The number of benzene rings is 2. The van der Waals surface area contributed by atoms with E-state index in [0.29, 0.717) is 10.9 Å². The zero-order chi connectivity index (χ0) is 26.0. The molecule has 1 heterocycles. The lowest BCUT2D eigenvalue weighted by Crippen LogP contribution is -2.43. The fourth-order valence-corrected chi connectivity index (χ4v) is 3.37. The Morgan fingerprint density at radius 2 is 1.86 bits per heavy atom. The monoisotopic (exact) mass is 505 g/mol. The second-order valence-corrected chi connectivity index (χ2v) is 8.03. The van der Waals surface area contributed by atoms with Crippen molar-refractivity contribution in [2.45, 2.75) is 33.4 Å². The number of aliphatic hydroxyl groups excluding tert-OH is 1. The third-order valence-electron chi connectivity index (χ3n) is 4.74. The molecule has 0 aliphatic carbocycles. The highest BCUT2D eigenvalue weighted by Crippen LogP contribution is 2.19. The number of nitrogens with two attached hydrogens (primary N) is 1. The molecule has 0 aliphatic rings. The summed E-state index contributed by atoms with van der Waals surface area (Å²) in [7, 11) is 0. The summed E-state index contributed by atoms with van der Waals surface area (Å²) in [6, 6.07) is 11.2. The Labute approximate surface area is 207 Å². The van der Waals surface area contributed by atoms with E-state index >= 15 is 0 Å². The molecule has 188 valence electrons. The van der Waals surface area contributed by atoms with Gasteiger partial charge in [-0.15, -0.1) is 0 Å². The summed E-state index contributed by atoms with van der Waals surface area (Å²) in [6.07, 6.45) is 1.25. The summed E-state index contributed by atoms with van der Waals surface area (Å²) in [5.74, 6) is -2.41. The highest BCUT2D eigenvalue weighted by atomic mass is 35.5. The van der Waals surface area contributed by atoms with Crippen molar-refractivity contribution in [1.29, 1.82) is 0 Å². The number of rotatable bonds is 9. The van der Waals surface area contributed by atoms with Crippen LogP contribution >= 0.6 is 11.6 Å². The Bertz CT molecular complexity index is 1180. The highest BCUT2D eigenvalue weighted by Gasteiger charge is 2.21. The quantitative estimate of drug-likeness (QED) is 0.411. The third-order valence-corrected chi connectivity index (χ3v) is 5.03. The maximum atomic E-state index is 14.0. The summed E-state index contributed by atoms with van der Waals surface area (Å²) < 4.78 is 15.3. The van der Waals surface area contributed by atoms with Crippen LogP contribution in [0.2, 0.25) is 5.02 Å². The molecule has 0 atom stereocenters. The number of nitrogens with one attached hydrogen (secondary N) is 1. The number of primary amides is 1. The second kappa shape index (κ2) is 13.4. The topological polar surface area (TPSA) is 131 Å². The number of hydrogen-bond acceptors (Lipinski definition) is 5. The molecule has 0 spiro atoms. The lowest BCUT2D eigenvalue weighted by Gasteiger charge is -2.21. The van der Waals surface area contributed by atoms with Gasteiger partial charge in [-0.2, -0.15) is 5.10 Å². The number of para-hydroxylation sites is 1. The number of hydrogen-bond donors (Lipinski definition) is 3. The van der Waals surface area contributed by atoms with Crippen molar-refractivity contribution in [1.82, 2.24) is 20.0 Å². The van der Waals surface area contributed by atoms with Crippen LogP contribution in [0.3, 0.4) is 0 Å². The van der Waals surface area contributed by atoms with Gasteiger partial charge < -0.3 is 21.1 Å². The van der Waals surface area contributed by atoms with Crippen LogP contribution in [0.1, 0.15) is 36.3 Å². The van der Waals surface area contributed by atoms with Crippen molar-refractivity contribution in [2.75, 3.05) is 19.7 Å². The summed E-state index contributed by atoms with van der Waals surface area (Å²) >= 11 is 5.73. The lowest BCUT2D eigenvalue weighted by molar-refractivity contribution is -0.137. The number of carbonyl (C=O) groups is 3. The predicted octanol–water partition coefficient (Wildman–Crippen LogP) is 2.48. The Hall–Kier alpha value is -3.50. The molecular weight excluding hydrogens is 477 g/mol. The third kappa shape index (κ3) is 7.49. The van der Waals surface area contributed by atoms with Crippen molar-refractivity contribution in [3.05, 3.63) is 64.6 Å². The normalized spacial score (nSPS) is 10.4. The fourth-order valence-electron chi connectivity index (χ4n) is 3.18. The van der Waals surface area contributed by atoms with Crippen LogP contribution < -0.4 is 11.1 Å². The van der Waals surface area contributed by atoms with Gasteiger partial charge >= 0.3 is 0 Å². The minimum Gasteiger partial charge on any atom is -0.395 e. The van der Waals surface area contributed by atoms with Crippen molar-refractivity contribution in [3.8, 4) is 0 Å². The molecule has 4 N–H and O–H groups in total. The van der Waals surface area contributed by atoms with Crippen LogP contribution in [0, 0.1) is 5.82 Å². The van der Waals surface area contributed by atoms with Gasteiger partial charge in [0.15, 0.2) is 5.69 Å². The van der Waals surface area contributed by atoms with E-state index in [4.69, 9.17) is 17.3 Å². The van der Waals surface area contributed by atoms with Gasteiger partial charge in [0.25, 0.3) is 5.91 Å². The van der Waals surface area contributed by atoms with Gasteiger partial charge in [-0.25, -0.2) is 4.39 Å². The van der Waals surface area contributed by atoms with Crippen LogP contribution in [0.5, 0.6) is 0 Å². The molecule has 0 unspecified atom stereocenters. The first-order valence-corrected chi connectivity index (χ1v) is 11.4. The van der Waals surface area contributed by atoms with E-state index in [9.17, 15) is 23.9 Å². The van der Waals surface area contributed by atoms with E-state index in [1.54, 1.807) is 30.3 Å². The molecule has 0 bridgehead atoms. The second-order valence-electron chi connectivity index (χ2n) is 7.62. The Morgan fingerprint density at radius 3 is 2.51 bits per heavy atom. The molecule has 0 aliphatic heterocycles. The minimum atomic E-state index is -0.729. The molecule has 0 radical (unpaired) electrons. The molecule has 9 nitrogen and oxygen atoms in total. The van der Waals surface area contributed by atoms with Crippen molar-refractivity contribution >= 4 is 40.2 Å². The van der Waals surface area contributed by atoms with E-state index in [-0.39, 0.29) is 49.1 Å². The van der Waals surface area contributed by atoms with Crippen LogP contribution in [-0.4, -0.2) is 57.2 Å². The Balaban J connectivity index is 0.00000137. The molecule has 0 saturated carbocycles. The average Bonchev–Trinajstić information content (AvgIpc) is 3.19. The Kier molecular flexibility index (Phi) is 10.6. The molecule has 0 saturated heterocycles. The number of amides is 3. The maximum absolute atomic E-state index is 14.0. The molecule has 35 heavy (non-hydrogen) atoms. The number of aromatic nitrogens is 2. The first-order valence-electron chi connectivity index (χ1n) is 11.1. The van der Waals surface area contributed by atoms with Gasteiger partial charge in [0.05, 0.1) is 23.7 Å². The van der Waals surface area contributed by atoms with Gasteiger partial charge in [-0.3, -0.25) is 19.1 Å². The van der Waals surface area contributed by atoms with Crippen LogP contribution in [-0.2, 0) is 22.7 Å². The summed E-state index contributed by atoms with van der Waals surface area (Å²) in [5, 5.41) is 16.4. The number of aliphatic hydroxyl groups is 1. The average molecular weight is 506 g/mol. The van der Waals surface area contributed by atoms with Crippen molar-refractivity contribution in [2.24, 2.45) is 5.73 Å². The Morgan fingerprint density at radius 1 is 1.17 bits per heavy atom. The van der Waals surface area contributed by atoms with Gasteiger partial charge in [0.1, 0.15) is 12.4 Å². The number of nitrogens with zero attached hydrogens (tertiary/aromatic N) is 3. The lowest BCUT2D eigenvalue weighted by atomic mass is 10.2. The first-order chi connectivity index (χ1) is 16.7. The van der Waals surface area contributed by atoms with Crippen LogP contribution in [0.25, 0.3) is 10.9 Å². The zero-order valence-corrected chi connectivity index (χ0v) is 20.4. The highest BCUT2D eigenvalue weighted by molar-refractivity contribution is 6.30. The van der Waals surface area contributed by atoms with E-state index in [1.807, 2.05) is 0 Å². The van der Waals surface area contributed by atoms with Crippen molar-refractivity contribution in [3.63, 3.8) is 0 Å². The molecule has 11 heteroatoms. The number of carbonyl (C=O) groups excluding carboxylic acids is 3. The predicted molar refractivity (Wildman–Crippen MR) is 131 cm³/mol. The van der Waals surface area contributed by atoms with E-state index < -0.39 is 23.5 Å². The van der Waals surface area contributed by atoms with Gasteiger partial charge in [-0.05, 0) is 12.1 Å². The molecule has 2 aromatic carbocycles. The molecule has 3 rings (SSSR count). The van der Waals surface area contributed by atoms with Gasteiger partial charge in [0.2, 0.25) is 11.8 Å². The zero-order valence-electron chi connectivity index (χ0n) is 19.6. The number of fused-ring (bicyclic) bond motifs is 1. The summed E-state index contributed by atoms with van der Waals surface area (Å²) in [4.78, 5) is 38.0. The standard InChI is InChI=1S/C21H21ClFN5O4.C3H8/c22-15-6-3-4-13(19(15)23)10-25-17(30)11-27(8-9-29)18(31)12-28-16-7-2-1-5-14(16)20(26-28)21(24)32;1-3-2/h1-7,29H,8-12H2,(H2,24,32)(H,25,30);3H2,1-2H3. The summed E-state index contributed by atoms with van der Waals surface area (Å²) in [6.45, 7) is 3.04. The molecule has 3 amide bonds. The number of halogens is 2. The first kappa shape index (κ1) is 27.7. The summed E-state index contributed by atoms with van der Waals surface area (Å²) in [5.41, 5.74) is 6.13. The molecule has 1 aromatic heterocycles. The minimum absolute atomic E-state index is 0.0309. The van der Waals surface area contributed by atoms with Gasteiger partial charge in [0, 0.05) is 24.0 Å². The SMILES string of the molecule is CCC.NC(=O)c1nn(CC(=O)N(CCO)CC(=O)NCc2cccc(Cl)c2F)c2ccccc12. The molecule has 3 aromatic rings. The fraction of sp³-hybridized carbons (Fsp3) is 0.333. The maximum Gasteiger partial charge on any atom is 0.269 e.